The molecule has 3 aromatic carbocycles. The van der Waals surface area contributed by atoms with Crippen molar-refractivity contribution in [2.75, 3.05) is 4.90 Å². The molecule has 1 aliphatic rings. The van der Waals surface area contributed by atoms with Crippen molar-refractivity contribution in [2.45, 2.75) is 58.0 Å². The maximum atomic E-state index is 13.7. The van der Waals surface area contributed by atoms with Gasteiger partial charge in [-0.3, -0.25) is 0 Å². The van der Waals surface area contributed by atoms with Crippen LogP contribution in [-0.4, -0.2) is 21.8 Å². The first-order valence-electron chi connectivity index (χ1n) is 12.8. The van der Waals surface area contributed by atoms with Crippen LogP contribution in [0.3, 0.4) is 0 Å². The Kier molecular flexibility index (Phi) is 7.99. The van der Waals surface area contributed by atoms with Crippen LogP contribution in [0, 0.1) is 5.92 Å². The lowest BCUT2D eigenvalue weighted by Gasteiger charge is -2.43. The summed E-state index contributed by atoms with van der Waals surface area (Å²) in [4.78, 5) is 15.5. The fraction of sp³-hybridized carbons (Fsp3) is 0.323. The number of unbranched alkanes of at least 4 members (excludes halogenated alkanes) is 1. The minimum atomic E-state index is -0.829. The van der Waals surface area contributed by atoms with E-state index in [9.17, 15) is 15.0 Å². The van der Waals surface area contributed by atoms with Crippen LogP contribution in [0.2, 0.25) is 0 Å². The average Bonchev–Trinajstić information content (AvgIpc) is 2.89. The lowest BCUT2D eigenvalue weighted by atomic mass is 9.76. The molecule has 0 amide bonds. The lowest BCUT2D eigenvalue weighted by molar-refractivity contribution is -0.167. The predicted octanol–water partition coefficient (Wildman–Crippen LogP) is 7.44. The summed E-state index contributed by atoms with van der Waals surface area (Å²) in [5.74, 6) is -0.208. The van der Waals surface area contributed by atoms with Gasteiger partial charge in [-0.2, -0.15) is 0 Å². The molecule has 4 rings (SSSR count). The van der Waals surface area contributed by atoms with Gasteiger partial charge in [-0.1, -0.05) is 75.2 Å². The second kappa shape index (κ2) is 11.3. The SMILES string of the molecule is CCCC[C@H](C)C1(CCc2cccc(O)c2)CC(O)=C(N(c2ccccc2)c2ccccc2)C(=O)O1. The standard InChI is InChI=1S/C31H35NO4/c1-3-4-12-23(2)31(20-19-24-13-11-18-27(33)21-24)22-28(34)29(30(35)36-31)32(25-14-7-5-8-15-25)26-16-9-6-10-17-26/h5-11,13-18,21,23,33-34H,3-4,12,19-20,22H2,1-2H3/t23-,31?/m0/s1. The zero-order chi connectivity index (χ0) is 25.5. The van der Waals surface area contributed by atoms with Gasteiger partial charge < -0.3 is 19.8 Å². The Hall–Kier alpha value is -3.73. The molecule has 5 heteroatoms. The van der Waals surface area contributed by atoms with Crippen LogP contribution in [0.4, 0.5) is 11.4 Å². The van der Waals surface area contributed by atoms with Crippen LogP contribution in [0.5, 0.6) is 5.75 Å². The third kappa shape index (κ3) is 5.56. The maximum Gasteiger partial charge on any atom is 0.359 e. The number of benzene rings is 3. The van der Waals surface area contributed by atoms with Gasteiger partial charge in [0.15, 0.2) is 5.70 Å². The van der Waals surface area contributed by atoms with Crippen molar-refractivity contribution in [3.63, 3.8) is 0 Å². The highest BCUT2D eigenvalue weighted by molar-refractivity contribution is 5.97. The van der Waals surface area contributed by atoms with Gasteiger partial charge in [0.1, 0.15) is 17.1 Å². The number of phenolic OH excluding ortho intramolecular Hbond substituents is 1. The second-order valence-corrected chi connectivity index (χ2v) is 9.65. The van der Waals surface area contributed by atoms with E-state index in [0.717, 1.165) is 36.2 Å². The zero-order valence-corrected chi connectivity index (χ0v) is 21.1. The first-order chi connectivity index (χ1) is 17.4. The number of nitrogens with zero attached hydrogens (tertiary/aromatic N) is 1. The van der Waals surface area contributed by atoms with E-state index in [2.05, 4.69) is 13.8 Å². The summed E-state index contributed by atoms with van der Waals surface area (Å²) in [5.41, 5.74) is 1.84. The quantitative estimate of drug-likeness (QED) is 0.292. The zero-order valence-electron chi connectivity index (χ0n) is 21.1. The van der Waals surface area contributed by atoms with Gasteiger partial charge in [-0.05, 0) is 67.1 Å². The number of aromatic hydroxyl groups is 1. The molecule has 2 N–H and O–H groups in total. The number of hydrogen-bond acceptors (Lipinski definition) is 5. The second-order valence-electron chi connectivity index (χ2n) is 9.65. The van der Waals surface area contributed by atoms with Crippen LogP contribution in [0.25, 0.3) is 0 Å². The number of hydrogen-bond donors (Lipinski definition) is 2. The van der Waals surface area contributed by atoms with E-state index in [1.54, 1.807) is 17.0 Å². The highest BCUT2D eigenvalue weighted by atomic mass is 16.6. The Balaban J connectivity index is 1.72. The summed E-state index contributed by atoms with van der Waals surface area (Å²) in [6.45, 7) is 4.25. The Bertz CT molecular complexity index is 1150. The molecule has 1 aliphatic heterocycles. The first kappa shape index (κ1) is 25.4. The number of esters is 1. The van der Waals surface area contributed by atoms with Crippen molar-refractivity contribution >= 4 is 17.3 Å². The van der Waals surface area contributed by atoms with Gasteiger partial charge >= 0.3 is 5.97 Å². The highest BCUT2D eigenvalue weighted by Gasteiger charge is 2.47. The van der Waals surface area contributed by atoms with E-state index in [1.807, 2.05) is 72.8 Å². The summed E-state index contributed by atoms with van der Waals surface area (Å²) in [6, 6.07) is 26.3. The molecule has 0 saturated carbocycles. The van der Waals surface area contributed by atoms with Crippen LogP contribution in [-0.2, 0) is 16.0 Å². The Morgan fingerprint density at radius 3 is 2.14 bits per heavy atom. The molecular weight excluding hydrogens is 450 g/mol. The lowest BCUT2D eigenvalue weighted by Crippen LogP contribution is -2.48. The number of carbonyl (C=O) groups is 1. The summed E-state index contributed by atoms with van der Waals surface area (Å²) in [5, 5.41) is 21.4. The Morgan fingerprint density at radius 2 is 1.58 bits per heavy atom. The topological polar surface area (TPSA) is 70.0 Å². The molecule has 0 aliphatic carbocycles. The number of phenols is 1. The molecule has 5 nitrogen and oxygen atoms in total. The summed E-state index contributed by atoms with van der Waals surface area (Å²) in [6.07, 6.45) is 4.39. The molecule has 36 heavy (non-hydrogen) atoms. The van der Waals surface area contributed by atoms with Gasteiger partial charge in [0.25, 0.3) is 0 Å². The number of carbonyl (C=O) groups excluding carboxylic acids is 1. The normalized spacial score (nSPS) is 18.6. The van der Waals surface area contributed by atoms with Crippen molar-refractivity contribution in [3.8, 4) is 5.75 Å². The Labute approximate surface area is 213 Å². The average molecular weight is 486 g/mol. The Morgan fingerprint density at radius 1 is 0.944 bits per heavy atom. The van der Waals surface area contributed by atoms with E-state index >= 15 is 0 Å². The van der Waals surface area contributed by atoms with Gasteiger partial charge in [-0.25, -0.2) is 4.79 Å². The smallest absolute Gasteiger partial charge is 0.359 e. The molecular formula is C31H35NO4. The van der Waals surface area contributed by atoms with Crippen molar-refractivity contribution < 1.29 is 19.7 Å². The third-order valence-electron chi connectivity index (χ3n) is 7.12. The summed E-state index contributed by atoms with van der Waals surface area (Å²) < 4.78 is 6.33. The molecule has 3 aromatic rings. The fourth-order valence-corrected chi connectivity index (χ4v) is 5.04. The van der Waals surface area contributed by atoms with Crippen LogP contribution < -0.4 is 4.90 Å². The summed E-state index contributed by atoms with van der Waals surface area (Å²) >= 11 is 0. The number of anilines is 2. The molecule has 0 spiro atoms. The number of para-hydroxylation sites is 2. The third-order valence-corrected chi connectivity index (χ3v) is 7.12. The van der Waals surface area contributed by atoms with Gasteiger partial charge in [0.05, 0.1) is 0 Å². The number of aryl methyl sites for hydroxylation is 1. The molecule has 1 heterocycles. The summed E-state index contributed by atoms with van der Waals surface area (Å²) in [7, 11) is 0. The predicted molar refractivity (Wildman–Crippen MR) is 143 cm³/mol. The van der Waals surface area contributed by atoms with Crippen LogP contribution in [0.1, 0.15) is 51.5 Å². The largest absolute Gasteiger partial charge is 0.510 e. The molecule has 0 fully saturated rings. The van der Waals surface area contributed by atoms with Crippen molar-refractivity contribution in [3.05, 3.63) is 102 Å². The van der Waals surface area contributed by atoms with Crippen LogP contribution >= 0.6 is 0 Å². The number of rotatable bonds is 10. The number of ether oxygens (including phenoxy) is 1. The van der Waals surface area contributed by atoms with Crippen molar-refractivity contribution in [1.82, 2.24) is 0 Å². The van der Waals surface area contributed by atoms with Gasteiger partial charge in [0.2, 0.25) is 0 Å². The monoisotopic (exact) mass is 485 g/mol. The van der Waals surface area contributed by atoms with E-state index < -0.39 is 11.6 Å². The highest BCUT2D eigenvalue weighted by Crippen LogP contribution is 2.43. The molecule has 0 aromatic heterocycles. The van der Waals surface area contributed by atoms with Crippen LogP contribution in [0.15, 0.2) is 96.4 Å². The van der Waals surface area contributed by atoms with Gasteiger partial charge in [-0.15, -0.1) is 0 Å². The molecule has 188 valence electrons. The fourth-order valence-electron chi connectivity index (χ4n) is 5.04. The van der Waals surface area contributed by atoms with E-state index in [4.69, 9.17) is 4.74 Å². The molecule has 0 saturated heterocycles. The van der Waals surface area contributed by atoms with Crippen molar-refractivity contribution in [1.29, 1.82) is 0 Å². The van der Waals surface area contributed by atoms with Gasteiger partial charge in [0, 0.05) is 17.8 Å². The van der Waals surface area contributed by atoms with Crippen molar-refractivity contribution in [2.24, 2.45) is 5.92 Å². The maximum absolute atomic E-state index is 13.7. The molecule has 0 radical (unpaired) electrons. The molecule has 2 atom stereocenters. The first-order valence-corrected chi connectivity index (χ1v) is 12.8. The number of aliphatic hydroxyl groups excluding tert-OH is 1. The molecule has 0 bridgehead atoms. The molecule has 1 unspecified atom stereocenters. The number of aliphatic hydroxyl groups is 1. The number of cyclic esters (lactones) is 1. The van der Waals surface area contributed by atoms with E-state index in [1.165, 1.54) is 0 Å². The van der Waals surface area contributed by atoms with E-state index in [0.29, 0.717) is 12.8 Å². The minimum Gasteiger partial charge on any atom is -0.510 e. The van der Waals surface area contributed by atoms with E-state index in [-0.39, 0.29) is 29.5 Å². The minimum absolute atomic E-state index is 0.0400.